The number of carbonyl (C=O) groups excluding carboxylic acids is 4. The second-order valence-electron chi connectivity index (χ2n) is 17.2. The summed E-state index contributed by atoms with van der Waals surface area (Å²) < 4.78 is 49.3. The van der Waals surface area contributed by atoms with Gasteiger partial charge in [-0.05, 0) is 105 Å². The van der Waals surface area contributed by atoms with Gasteiger partial charge in [-0.15, -0.1) is 0 Å². The average molecular weight is 779 g/mol. The molecule has 0 aliphatic carbocycles. The molecule has 12 heteroatoms. The van der Waals surface area contributed by atoms with Gasteiger partial charge in [-0.1, -0.05) is 20.8 Å². The zero-order chi connectivity index (χ0) is 39.8. The highest BCUT2D eigenvalue weighted by molar-refractivity contribution is 5.74. The molecule has 5 saturated heterocycles. The smallest absolute Gasteiger partial charge is 0.311 e. The first-order valence-corrected chi connectivity index (χ1v) is 21.7. The van der Waals surface area contributed by atoms with E-state index in [1.807, 2.05) is 55.4 Å². The standard InChI is InChI=1S/C43H70O12/c1-9-29-21-33-13-17-36(50-33)25(5)40(44)48-24(4)20-32-12-16-37(49-32)26(6)41(45)53-30(10-2)22-34-14-18-39(51-34)28(8)43(47)55-31(11-3)23-35-15-19-38(52-35)27(7)42(46)54-29/h24-39H,9-23H2,1-8H3/t24-,25-,26+,27+,28-,29+,30+,31-,32?,33?,34?,35?,36?,37?,38?,39?/m0/s1. The van der Waals surface area contributed by atoms with Gasteiger partial charge in [-0.3, -0.25) is 19.2 Å². The van der Waals surface area contributed by atoms with Crippen molar-refractivity contribution in [1.82, 2.24) is 0 Å². The molecule has 8 unspecified atom stereocenters. The molecule has 0 saturated carbocycles. The Morgan fingerprint density at radius 2 is 0.636 bits per heavy atom. The Labute approximate surface area is 329 Å². The van der Waals surface area contributed by atoms with Crippen LogP contribution in [0.4, 0.5) is 0 Å². The number of ether oxygens (including phenoxy) is 8. The molecule has 16 atom stereocenters. The highest BCUT2D eigenvalue weighted by Crippen LogP contribution is 2.35. The molecule has 0 amide bonds. The zero-order valence-corrected chi connectivity index (χ0v) is 34.7. The normalized spacial score (nSPS) is 43.4. The third-order valence-corrected chi connectivity index (χ3v) is 13.0. The van der Waals surface area contributed by atoms with Crippen molar-refractivity contribution in [3.8, 4) is 0 Å². The largest absolute Gasteiger partial charge is 0.462 e. The van der Waals surface area contributed by atoms with Crippen LogP contribution in [0.1, 0.15) is 152 Å². The first kappa shape index (κ1) is 43.8. The lowest BCUT2D eigenvalue weighted by molar-refractivity contribution is -0.162. The number of esters is 4. The van der Waals surface area contributed by atoms with E-state index in [0.29, 0.717) is 44.9 Å². The molecule has 0 aromatic rings. The van der Waals surface area contributed by atoms with Crippen molar-refractivity contribution in [2.75, 3.05) is 0 Å². The Kier molecular flexibility index (Phi) is 16.3. The molecule has 0 aromatic heterocycles. The molecule has 5 rings (SSSR count). The summed E-state index contributed by atoms with van der Waals surface area (Å²) in [6.07, 6.45) is 7.47. The Balaban J connectivity index is 1.23. The number of rotatable bonds is 3. The summed E-state index contributed by atoms with van der Waals surface area (Å²) in [5.41, 5.74) is 0. The summed E-state index contributed by atoms with van der Waals surface area (Å²) in [5.74, 6) is -2.86. The predicted octanol–water partition coefficient (Wildman–Crippen LogP) is 7.19. The van der Waals surface area contributed by atoms with E-state index in [1.54, 1.807) is 0 Å². The maximum Gasteiger partial charge on any atom is 0.311 e. The SMILES string of the molecule is CC[C@H]1CC2CCC(O2)[C@@H](C)C(=O)O[C@H](CC)CC2CCC(O2)[C@H](C)C(=O)O[C@@H](C)CC2CCC(O2)[C@@H](C)C(=O)O[C@H](CC)CC2CCC(O2)[C@H](C)C(=O)O1. The lowest BCUT2D eigenvalue weighted by Crippen LogP contribution is -2.34. The minimum Gasteiger partial charge on any atom is -0.462 e. The third kappa shape index (κ3) is 11.9. The summed E-state index contributed by atoms with van der Waals surface area (Å²) >= 11 is 0. The van der Waals surface area contributed by atoms with Crippen molar-refractivity contribution in [3.05, 3.63) is 0 Å². The maximum absolute atomic E-state index is 13.4. The summed E-state index contributed by atoms with van der Waals surface area (Å²) in [6.45, 7) is 15.3. The summed E-state index contributed by atoms with van der Waals surface area (Å²) in [6, 6.07) is 0. The van der Waals surface area contributed by atoms with Gasteiger partial charge in [0.25, 0.3) is 0 Å². The van der Waals surface area contributed by atoms with Crippen LogP contribution >= 0.6 is 0 Å². The van der Waals surface area contributed by atoms with Gasteiger partial charge in [-0.2, -0.15) is 0 Å². The van der Waals surface area contributed by atoms with Crippen LogP contribution in [0.25, 0.3) is 0 Å². The first-order chi connectivity index (χ1) is 26.3. The molecule has 5 aliphatic rings. The number of hydrogen-bond donors (Lipinski definition) is 0. The summed E-state index contributed by atoms with van der Waals surface area (Å²) in [7, 11) is 0. The highest BCUT2D eigenvalue weighted by atomic mass is 16.6. The number of fused-ring (bicyclic) bond motifs is 8. The Hall–Kier alpha value is -2.28. The van der Waals surface area contributed by atoms with Crippen molar-refractivity contribution in [1.29, 1.82) is 0 Å². The van der Waals surface area contributed by atoms with Gasteiger partial charge < -0.3 is 37.9 Å². The van der Waals surface area contributed by atoms with Crippen LogP contribution in [0.3, 0.4) is 0 Å². The zero-order valence-electron chi connectivity index (χ0n) is 34.7. The molecule has 5 heterocycles. The van der Waals surface area contributed by atoms with Crippen molar-refractivity contribution in [2.45, 2.75) is 225 Å². The minimum atomic E-state index is -0.435. The van der Waals surface area contributed by atoms with Gasteiger partial charge in [0.15, 0.2) is 0 Å². The molecule has 12 nitrogen and oxygen atoms in total. The second kappa shape index (κ2) is 20.4. The van der Waals surface area contributed by atoms with Crippen molar-refractivity contribution in [2.24, 2.45) is 23.7 Å². The van der Waals surface area contributed by atoms with Crippen LogP contribution in [0, 0.1) is 23.7 Å². The van der Waals surface area contributed by atoms with E-state index in [9.17, 15) is 19.2 Å². The van der Waals surface area contributed by atoms with Crippen molar-refractivity contribution < 1.29 is 57.1 Å². The van der Waals surface area contributed by atoms with Gasteiger partial charge >= 0.3 is 23.9 Å². The Morgan fingerprint density at radius 1 is 0.382 bits per heavy atom. The molecule has 8 bridgehead atoms. The average Bonchev–Trinajstić information content (AvgIpc) is 4.01. The molecular formula is C43H70O12. The van der Waals surface area contributed by atoms with Crippen LogP contribution in [-0.2, 0) is 57.1 Å². The fourth-order valence-electron chi connectivity index (χ4n) is 9.02. The highest BCUT2D eigenvalue weighted by Gasteiger charge is 2.41. The van der Waals surface area contributed by atoms with E-state index in [2.05, 4.69) is 0 Å². The quantitative estimate of drug-likeness (QED) is 0.211. The van der Waals surface area contributed by atoms with Gasteiger partial charge in [0.05, 0.1) is 72.5 Å². The molecule has 5 fully saturated rings. The van der Waals surface area contributed by atoms with Crippen LogP contribution in [-0.4, -0.2) is 97.1 Å². The maximum atomic E-state index is 13.4. The Bertz CT molecular complexity index is 1270. The van der Waals surface area contributed by atoms with Crippen LogP contribution in [0.15, 0.2) is 0 Å². The molecular weight excluding hydrogens is 708 g/mol. The molecule has 0 radical (unpaired) electrons. The Morgan fingerprint density at radius 3 is 0.909 bits per heavy atom. The van der Waals surface area contributed by atoms with Crippen LogP contribution < -0.4 is 0 Å². The lowest BCUT2D eigenvalue weighted by atomic mass is 9.99. The molecule has 5 aliphatic heterocycles. The molecule has 0 aromatic carbocycles. The predicted molar refractivity (Wildman–Crippen MR) is 203 cm³/mol. The number of carbonyl (C=O) groups is 4. The summed E-state index contributed by atoms with van der Waals surface area (Å²) in [4.78, 5) is 53.2. The van der Waals surface area contributed by atoms with E-state index in [1.165, 1.54) is 0 Å². The van der Waals surface area contributed by atoms with E-state index < -0.39 is 23.7 Å². The fourth-order valence-corrected chi connectivity index (χ4v) is 9.02. The van der Waals surface area contributed by atoms with E-state index in [4.69, 9.17) is 37.9 Å². The third-order valence-electron chi connectivity index (χ3n) is 13.0. The molecule has 0 spiro atoms. The van der Waals surface area contributed by atoms with Gasteiger partial charge in [-0.25, -0.2) is 0 Å². The lowest BCUT2D eigenvalue weighted by Gasteiger charge is -2.27. The van der Waals surface area contributed by atoms with Gasteiger partial charge in [0.2, 0.25) is 0 Å². The van der Waals surface area contributed by atoms with E-state index in [-0.39, 0.29) is 97.1 Å². The van der Waals surface area contributed by atoms with Crippen molar-refractivity contribution >= 4 is 23.9 Å². The second-order valence-corrected chi connectivity index (χ2v) is 17.2. The van der Waals surface area contributed by atoms with E-state index >= 15 is 0 Å². The fraction of sp³-hybridized carbons (Fsp3) is 0.907. The van der Waals surface area contributed by atoms with Crippen molar-refractivity contribution in [3.63, 3.8) is 0 Å². The molecule has 0 N–H and O–H groups in total. The van der Waals surface area contributed by atoms with Gasteiger partial charge in [0, 0.05) is 25.7 Å². The van der Waals surface area contributed by atoms with Gasteiger partial charge in [0.1, 0.15) is 24.4 Å². The summed E-state index contributed by atoms with van der Waals surface area (Å²) in [5, 5.41) is 0. The molecule has 314 valence electrons. The number of cyclic esters (lactones) is 4. The van der Waals surface area contributed by atoms with Crippen LogP contribution in [0.5, 0.6) is 0 Å². The monoisotopic (exact) mass is 778 g/mol. The number of hydrogen-bond acceptors (Lipinski definition) is 12. The first-order valence-electron chi connectivity index (χ1n) is 21.7. The topological polar surface area (TPSA) is 142 Å². The molecule has 55 heavy (non-hydrogen) atoms. The van der Waals surface area contributed by atoms with E-state index in [0.717, 1.165) is 51.4 Å². The van der Waals surface area contributed by atoms with Crippen LogP contribution in [0.2, 0.25) is 0 Å². The minimum absolute atomic E-state index is 0.116.